The van der Waals surface area contributed by atoms with Crippen LogP contribution in [0, 0.1) is 0 Å². The molecule has 1 rings (SSSR count). The third-order valence-electron chi connectivity index (χ3n) is 2.99. The van der Waals surface area contributed by atoms with Crippen molar-refractivity contribution in [2.45, 2.75) is 26.9 Å². The summed E-state index contributed by atoms with van der Waals surface area (Å²) >= 11 is 0. The van der Waals surface area contributed by atoms with Crippen molar-refractivity contribution in [1.29, 1.82) is 0 Å². The molecule has 0 saturated heterocycles. The number of nitrogens with zero attached hydrogens (tertiary/aromatic N) is 2. The molecule has 0 atom stereocenters. The first kappa shape index (κ1) is 16.2. The molecule has 1 aromatic carbocycles. The van der Waals surface area contributed by atoms with Gasteiger partial charge in [0, 0.05) is 13.1 Å². The minimum Gasteiger partial charge on any atom is -0.370 e. The highest BCUT2D eigenvalue weighted by molar-refractivity contribution is 5.78. The summed E-state index contributed by atoms with van der Waals surface area (Å²) in [4.78, 5) is 6.60. The van der Waals surface area contributed by atoms with E-state index in [1.54, 1.807) is 0 Å². The molecule has 0 amide bonds. The third-order valence-corrected chi connectivity index (χ3v) is 2.99. The second kappa shape index (κ2) is 8.38. The van der Waals surface area contributed by atoms with Crippen LogP contribution < -0.4 is 11.1 Å². The number of nitrogens with two attached hydrogens (primary N) is 1. The van der Waals surface area contributed by atoms with Gasteiger partial charge in [-0.05, 0) is 31.6 Å². The molecule has 0 aliphatic carbocycles. The Labute approximate surface area is 122 Å². The summed E-state index contributed by atoms with van der Waals surface area (Å²) in [6.07, 6.45) is 0. The van der Waals surface area contributed by atoms with Crippen LogP contribution in [-0.2, 0) is 13.1 Å². The highest BCUT2D eigenvalue weighted by Gasteiger charge is 1.99. The third kappa shape index (κ3) is 6.38. The molecule has 0 bridgehead atoms. The van der Waals surface area contributed by atoms with Gasteiger partial charge >= 0.3 is 0 Å². The average Bonchev–Trinajstić information content (AvgIpc) is 2.43. The molecule has 4 nitrogen and oxygen atoms in total. The van der Waals surface area contributed by atoms with Crippen LogP contribution in [0.15, 0.2) is 41.4 Å². The zero-order chi connectivity index (χ0) is 15.0. The Morgan fingerprint density at radius 1 is 1.40 bits per heavy atom. The van der Waals surface area contributed by atoms with Crippen molar-refractivity contribution in [3.8, 4) is 0 Å². The normalized spacial score (nSPS) is 11.7. The standard InChI is InChI=1S/C16H26N4/c1-5-20(4)12-15-8-6-7-14(9-15)11-19-16(17)18-10-13(2)3/h6-9H,2,5,10-12H2,1,3-4H3,(H3,17,18,19). The van der Waals surface area contributed by atoms with Crippen LogP contribution in [0.3, 0.4) is 0 Å². The molecule has 0 spiro atoms. The monoisotopic (exact) mass is 274 g/mol. The first-order valence-corrected chi connectivity index (χ1v) is 6.95. The molecule has 0 saturated carbocycles. The van der Waals surface area contributed by atoms with E-state index in [2.05, 4.69) is 60.0 Å². The van der Waals surface area contributed by atoms with Gasteiger partial charge in [0.25, 0.3) is 0 Å². The van der Waals surface area contributed by atoms with Crippen molar-refractivity contribution < 1.29 is 0 Å². The van der Waals surface area contributed by atoms with Crippen molar-refractivity contribution in [1.82, 2.24) is 10.2 Å². The molecule has 0 fully saturated rings. The second-order valence-electron chi connectivity index (χ2n) is 5.16. The summed E-state index contributed by atoms with van der Waals surface area (Å²) in [6.45, 7) is 11.2. The van der Waals surface area contributed by atoms with Gasteiger partial charge in [-0.25, -0.2) is 4.99 Å². The summed E-state index contributed by atoms with van der Waals surface area (Å²) in [5.41, 5.74) is 9.31. The first-order chi connectivity index (χ1) is 9.51. The average molecular weight is 274 g/mol. The lowest BCUT2D eigenvalue weighted by Crippen LogP contribution is -2.32. The number of guanidine groups is 1. The number of benzene rings is 1. The quantitative estimate of drug-likeness (QED) is 0.455. The molecule has 0 heterocycles. The van der Waals surface area contributed by atoms with Crippen LogP contribution in [0.4, 0.5) is 0 Å². The van der Waals surface area contributed by atoms with Crippen LogP contribution in [-0.4, -0.2) is 31.0 Å². The fourth-order valence-electron chi connectivity index (χ4n) is 1.72. The fourth-order valence-corrected chi connectivity index (χ4v) is 1.72. The molecule has 20 heavy (non-hydrogen) atoms. The fraction of sp³-hybridized carbons (Fsp3) is 0.438. The Morgan fingerprint density at radius 2 is 2.10 bits per heavy atom. The molecule has 0 unspecified atom stereocenters. The van der Waals surface area contributed by atoms with Crippen molar-refractivity contribution in [3.63, 3.8) is 0 Å². The maximum Gasteiger partial charge on any atom is 0.189 e. The van der Waals surface area contributed by atoms with Crippen LogP contribution in [0.1, 0.15) is 25.0 Å². The van der Waals surface area contributed by atoms with E-state index < -0.39 is 0 Å². The molecule has 4 heteroatoms. The van der Waals surface area contributed by atoms with E-state index in [1.165, 1.54) is 11.1 Å². The molecule has 1 aromatic rings. The lowest BCUT2D eigenvalue weighted by Gasteiger charge is -2.14. The highest BCUT2D eigenvalue weighted by Crippen LogP contribution is 2.08. The lowest BCUT2D eigenvalue weighted by molar-refractivity contribution is 0.345. The summed E-state index contributed by atoms with van der Waals surface area (Å²) < 4.78 is 0. The van der Waals surface area contributed by atoms with Crippen molar-refractivity contribution in [3.05, 3.63) is 47.5 Å². The van der Waals surface area contributed by atoms with Gasteiger partial charge in [0.1, 0.15) is 0 Å². The van der Waals surface area contributed by atoms with Gasteiger partial charge in [-0.2, -0.15) is 0 Å². The van der Waals surface area contributed by atoms with Crippen LogP contribution >= 0.6 is 0 Å². The zero-order valence-corrected chi connectivity index (χ0v) is 12.8. The van der Waals surface area contributed by atoms with Gasteiger partial charge < -0.3 is 16.0 Å². The van der Waals surface area contributed by atoms with Crippen molar-refractivity contribution in [2.75, 3.05) is 20.1 Å². The van der Waals surface area contributed by atoms with E-state index in [1.807, 2.05) is 6.92 Å². The van der Waals surface area contributed by atoms with Gasteiger partial charge in [0.15, 0.2) is 5.96 Å². The molecule has 110 valence electrons. The SMILES string of the molecule is C=C(C)CNC(N)=NCc1cccc(CN(C)CC)c1. The molecule has 0 radical (unpaired) electrons. The number of nitrogens with one attached hydrogen (secondary N) is 1. The molecule has 0 aliphatic rings. The Morgan fingerprint density at radius 3 is 2.75 bits per heavy atom. The predicted octanol–water partition coefficient (Wildman–Crippen LogP) is 2.12. The van der Waals surface area contributed by atoms with E-state index in [0.717, 1.165) is 18.7 Å². The first-order valence-electron chi connectivity index (χ1n) is 6.95. The second-order valence-corrected chi connectivity index (χ2v) is 5.16. The smallest absolute Gasteiger partial charge is 0.189 e. The summed E-state index contributed by atoms with van der Waals surface area (Å²) in [7, 11) is 2.12. The minimum absolute atomic E-state index is 0.462. The number of rotatable bonds is 7. The Kier molecular flexibility index (Phi) is 6.81. The lowest BCUT2D eigenvalue weighted by atomic mass is 10.1. The predicted molar refractivity (Wildman–Crippen MR) is 86.6 cm³/mol. The van der Waals surface area contributed by atoms with E-state index in [-0.39, 0.29) is 0 Å². The summed E-state index contributed by atoms with van der Waals surface area (Å²) in [5.74, 6) is 0.462. The molecule has 0 aromatic heterocycles. The van der Waals surface area contributed by atoms with Gasteiger partial charge in [0.2, 0.25) is 0 Å². The summed E-state index contributed by atoms with van der Waals surface area (Å²) in [5, 5.41) is 3.03. The number of hydrogen-bond acceptors (Lipinski definition) is 2. The van der Waals surface area contributed by atoms with Gasteiger partial charge in [-0.3, -0.25) is 0 Å². The van der Waals surface area contributed by atoms with Gasteiger partial charge in [0.05, 0.1) is 6.54 Å². The largest absolute Gasteiger partial charge is 0.370 e. The van der Waals surface area contributed by atoms with Crippen molar-refractivity contribution >= 4 is 5.96 Å². The Hall–Kier alpha value is -1.81. The zero-order valence-electron chi connectivity index (χ0n) is 12.8. The molecular weight excluding hydrogens is 248 g/mol. The maximum absolute atomic E-state index is 5.80. The van der Waals surface area contributed by atoms with Gasteiger partial charge in [-0.1, -0.05) is 43.3 Å². The maximum atomic E-state index is 5.80. The van der Waals surface area contributed by atoms with Crippen LogP contribution in [0.2, 0.25) is 0 Å². The summed E-state index contributed by atoms with van der Waals surface area (Å²) in [6, 6.07) is 8.47. The van der Waals surface area contributed by atoms with Crippen LogP contribution in [0.25, 0.3) is 0 Å². The highest BCUT2D eigenvalue weighted by atomic mass is 15.1. The van der Waals surface area contributed by atoms with Crippen molar-refractivity contribution in [2.24, 2.45) is 10.7 Å². The van der Waals surface area contributed by atoms with E-state index in [4.69, 9.17) is 5.73 Å². The van der Waals surface area contributed by atoms with E-state index in [0.29, 0.717) is 19.0 Å². The Balaban J connectivity index is 2.57. The topological polar surface area (TPSA) is 53.6 Å². The van der Waals surface area contributed by atoms with Crippen LogP contribution in [0.5, 0.6) is 0 Å². The number of aliphatic imine (C=N–C) groups is 1. The van der Waals surface area contributed by atoms with Gasteiger partial charge in [-0.15, -0.1) is 0 Å². The Bertz CT molecular complexity index is 465. The molecule has 3 N–H and O–H groups in total. The van der Waals surface area contributed by atoms with E-state index >= 15 is 0 Å². The van der Waals surface area contributed by atoms with E-state index in [9.17, 15) is 0 Å². The minimum atomic E-state index is 0.462. The molecular formula is C16H26N4. The number of hydrogen-bond donors (Lipinski definition) is 2. The molecule has 0 aliphatic heterocycles.